The first-order valence-corrected chi connectivity index (χ1v) is 11.6. The van der Waals surface area contributed by atoms with Crippen molar-refractivity contribution in [1.82, 2.24) is 4.98 Å². The molecule has 1 fully saturated rings. The third-order valence-electron chi connectivity index (χ3n) is 6.81. The fourth-order valence-corrected chi connectivity index (χ4v) is 5.00. The van der Waals surface area contributed by atoms with Crippen LogP contribution in [0.2, 0.25) is 0 Å². The van der Waals surface area contributed by atoms with Gasteiger partial charge in [-0.2, -0.15) is 8.78 Å². The van der Waals surface area contributed by atoms with Crippen LogP contribution in [0, 0.1) is 23.5 Å². The number of rotatable bonds is 7. The molecule has 0 radical (unpaired) electrons. The Kier molecular flexibility index (Phi) is 7.37. The number of nitrogens with zero attached hydrogens (tertiary/aromatic N) is 1. The molecule has 2 aliphatic carbocycles. The van der Waals surface area contributed by atoms with Crippen LogP contribution in [0.5, 0.6) is 5.75 Å². The van der Waals surface area contributed by atoms with E-state index in [0.29, 0.717) is 23.8 Å². The third-order valence-corrected chi connectivity index (χ3v) is 6.81. The van der Waals surface area contributed by atoms with Crippen LogP contribution in [0.3, 0.4) is 0 Å². The van der Waals surface area contributed by atoms with Gasteiger partial charge in [-0.3, -0.25) is 4.98 Å². The first-order chi connectivity index (χ1) is 15.9. The van der Waals surface area contributed by atoms with Crippen molar-refractivity contribution in [2.24, 2.45) is 11.8 Å². The number of allylic oxidation sites excluding steroid dienone is 1. The van der Waals surface area contributed by atoms with Gasteiger partial charge in [0.2, 0.25) is 0 Å². The lowest BCUT2D eigenvalue weighted by molar-refractivity contribution is -0.188. The van der Waals surface area contributed by atoms with E-state index < -0.39 is 29.2 Å². The molecular weight excluding hydrogens is 434 g/mol. The molecule has 0 bridgehead atoms. The number of benzene rings is 1. The summed E-state index contributed by atoms with van der Waals surface area (Å²) in [5.74, 6) is -1.30. The number of hydrogen-bond donors (Lipinski definition) is 0. The Labute approximate surface area is 191 Å². The second-order valence-corrected chi connectivity index (χ2v) is 8.90. The summed E-state index contributed by atoms with van der Waals surface area (Å²) in [6.45, 7) is 2.75. The predicted molar refractivity (Wildman–Crippen MR) is 117 cm³/mol. The van der Waals surface area contributed by atoms with Crippen LogP contribution in [0.4, 0.5) is 17.6 Å². The number of alkyl halides is 2. The van der Waals surface area contributed by atoms with Crippen LogP contribution >= 0.6 is 0 Å². The minimum atomic E-state index is -3.76. The Balaban J connectivity index is 1.33. The van der Waals surface area contributed by atoms with Gasteiger partial charge in [0.25, 0.3) is 0 Å². The Morgan fingerprint density at radius 2 is 1.73 bits per heavy atom. The Morgan fingerprint density at radius 3 is 2.33 bits per heavy atom. The molecule has 33 heavy (non-hydrogen) atoms. The fourth-order valence-electron chi connectivity index (χ4n) is 5.00. The van der Waals surface area contributed by atoms with E-state index in [-0.39, 0.29) is 6.10 Å². The molecule has 1 aromatic heterocycles. The molecule has 2 unspecified atom stereocenters. The van der Waals surface area contributed by atoms with Crippen molar-refractivity contribution in [3.63, 3.8) is 0 Å². The van der Waals surface area contributed by atoms with E-state index in [9.17, 15) is 17.6 Å². The van der Waals surface area contributed by atoms with Crippen molar-refractivity contribution >= 4 is 0 Å². The number of pyridine rings is 1. The van der Waals surface area contributed by atoms with E-state index in [4.69, 9.17) is 4.74 Å². The molecule has 4 rings (SSSR count). The lowest BCUT2D eigenvalue weighted by Gasteiger charge is -2.35. The zero-order valence-corrected chi connectivity index (χ0v) is 18.7. The maximum absolute atomic E-state index is 14.5. The van der Waals surface area contributed by atoms with Crippen molar-refractivity contribution < 1.29 is 27.0 Å². The Morgan fingerprint density at radius 1 is 0.939 bits per heavy atom. The normalized spacial score (nSPS) is 25.7. The summed E-state index contributed by atoms with van der Waals surface area (Å²) in [6.07, 6.45) is 8.95. The maximum Gasteiger partial charge on any atom is 0.444 e. The summed E-state index contributed by atoms with van der Waals surface area (Å²) in [5, 5.41) is 0. The molecule has 2 atom stereocenters. The van der Waals surface area contributed by atoms with Crippen molar-refractivity contribution in [2.75, 3.05) is 6.61 Å². The fraction of sp³-hybridized carbons (Fsp3) is 0.500. The van der Waals surface area contributed by atoms with E-state index in [1.165, 1.54) is 12.3 Å². The second-order valence-electron chi connectivity index (χ2n) is 8.90. The van der Waals surface area contributed by atoms with Crippen molar-refractivity contribution in [3.05, 3.63) is 71.6 Å². The molecule has 3 nitrogen and oxygen atoms in total. The van der Waals surface area contributed by atoms with Gasteiger partial charge in [0.05, 0.1) is 6.10 Å². The summed E-state index contributed by atoms with van der Waals surface area (Å²) >= 11 is 0. The van der Waals surface area contributed by atoms with Gasteiger partial charge in [0, 0.05) is 18.9 Å². The molecule has 0 saturated heterocycles. The van der Waals surface area contributed by atoms with Crippen LogP contribution in [-0.4, -0.2) is 17.7 Å². The average molecular weight is 464 g/mol. The molecule has 0 N–H and O–H groups in total. The van der Waals surface area contributed by atoms with Crippen molar-refractivity contribution in [2.45, 2.75) is 63.6 Å². The van der Waals surface area contributed by atoms with E-state index in [2.05, 4.69) is 21.9 Å². The van der Waals surface area contributed by atoms with Crippen LogP contribution < -0.4 is 4.74 Å². The number of ether oxygens (including phenoxy) is 2. The van der Waals surface area contributed by atoms with Gasteiger partial charge < -0.3 is 9.47 Å². The zero-order chi connectivity index (χ0) is 23.4. The standard InChI is InChI=1S/C26H29F4NO2/c1-2-32-21-10-7-18(8-11-21)17-3-5-19(6-4-17)20-9-14-25(31-16-20)26(29,30)33-22-12-13-23(27)24(28)15-22/h7,9-10,12-19,21H,2-6,8,11H2,1H3. The molecule has 0 spiro atoms. The molecule has 2 aliphatic rings. The summed E-state index contributed by atoms with van der Waals surface area (Å²) in [7, 11) is 0. The highest BCUT2D eigenvalue weighted by atomic mass is 19.3. The smallest absolute Gasteiger partial charge is 0.428 e. The summed E-state index contributed by atoms with van der Waals surface area (Å²) in [6, 6.07) is 5.21. The topological polar surface area (TPSA) is 31.4 Å². The van der Waals surface area contributed by atoms with Crippen LogP contribution in [0.1, 0.15) is 62.6 Å². The van der Waals surface area contributed by atoms with Crippen LogP contribution in [-0.2, 0) is 10.8 Å². The number of hydrogen-bond acceptors (Lipinski definition) is 3. The van der Waals surface area contributed by atoms with Gasteiger partial charge in [0.15, 0.2) is 17.3 Å². The first kappa shape index (κ1) is 23.7. The molecule has 1 saturated carbocycles. The van der Waals surface area contributed by atoms with Gasteiger partial charge in [-0.1, -0.05) is 18.2 Å². The monoisotopic (exact) mass is 463 g/mol. The van der Waals surface area contributed by atoms with E-state index >= 15 is 0 Å². The van der Waals surface area contributed by atoms with Gasteiger partial charge >= 0.3 is 6.11 Å². The van der Waals surface area contributed by atoms with Gasteiger partial charge in [0.1, 0.15) is 5.75 Å². The lowest BCUT2D eigenvalue weighted by Crippen LogP contribution is -2.25. The lowest BCUT2D eigenvalue weighted by atomic mass is 9.71. The van der Waals surface area contributed by atoms with Gasteiger partial charge in [-0.15, -0.1) is 0 Å². The van der Waals surface area contributed by atoms with Gasteiger partial charge in [-0.25, -0.2) is 8.78 Å². The zero-order valence-electron chi connectivity index (χ0n) is 18.7. The molecule has 1 aromatic carbocycles. The SMILES string of the molecule is CCOC1C=CC(C2CCC(c3ccc(C(F)(F)Oc4ccc(F)c(F)c4)nc3)CC2)CC1. The molecule has 178 valence electrons. The number of aromatic nitrogens is 1. The van der Waals surface area contributed by atoms with E-state index in [0.717, 1.165) is 62.8 Å². The quantitative estimate of drug-likeness (QED) is 0.323. The highest BCUT2D eigenvalue weighted by Crippen LogP contribution is 2.42. The minimum Gasteiger partial charge on any atom is -0.428 e. The van der Waals surface area contributed by atoms with Gasteiger partial charge in [-0.05, 0) is 87.0 Å². The van der Waals surface area contributed by atoms with Crippen molar-refractivity contribution in [1.29, 1.82) is 0 Å². The van der Waals surface area contributed by atoms with E-state index in [1.807, 2.05) is 6.92 Å². The Bertz CT molecular complexity index is 955. The van der Waals surface area contributed by atoms with Crippen LogP contribution in [0.15, 0.2) is 48.7 Å². The molecular formula is C26H29F4NO2. The molecule has 7 heteroatoms. The first-order valence-electron chi connectivity index (χ1n) is 11.6. The molecule has 1 heterocycles. The second kappa shape index (κ2) is 10.2. The summed E-state index contributed by atoms with van der Waals surface area (Å²) in [4.78, 5) is 3.93. The summed E-state index contributed by atoms with van der Waals surface area (Å²) < 4.78 is 65.5. The minimum absolute atomic E-state index is 0.247. The molecule has 0 aliphatic heterocycles. The predicted octanol–water partition coefficient (Wildman–Crippen LogP) is 7.13. The van der Waals surface area contributed by atoms with Crippen LogP contribution in [0.25, 0.3) is 0 Å². The Hall–Kier alpha value is -2.41. The third kappa shape index (κ3) is 5.75. The largest absolute Gasteiger partial charge is 0.444 e. The highest BCUT2D eigenvalue weighted by Gasteiger charge is 2.37. The van der Waals surface area contributed by atoms with E-state index in [1.54, 1.807) is 6.07 Å². The maximum atomic E-state index is 14.5. The summed E-state index contributed by atoms with van der Waals surface area (Å²) in [5.41, 5.74) is 0.372. The molecule has 0 amide bonds. The number of halogens is 4. The molecule has 2 aromatic rings. The highest BCUT2D eigenvalue weighted by molar-refractivity contribution is 5.26. The average Bonchev–Trinajstić information content (AvgIpc) is 2.82. The van der Waals surface area contributed by atoms with Crippen molar-refractivity contribution in [3.8, 4) is 5.75 Å².